The minimum atomic E-state index is -0.359. The van der Waals surface area contributed by atoms with Gasteiger partial charge in [-0.15, -0.1) is 0 Å². The van der Waals surface area contributed by atoms with Crippen LogP contribution in [-0.2, 0) is 23.9 Å². The summed E-state index contributed by atoms with van der Waals surface area (Å²) in [5.41, 5.74) is 0. The maximum Gasteiger partial charge on any atom is 0.330 e. The first-order chi connectivity index (χ1) is 11.8. The standard InChI is InChI=1S/C8H15NO2.C5H8O2.C4H7NO2/c1-4-8(10)9-6-11-5-7(2)3;1-3-5(6)7-4-2;1-2-4(7)5-3-6/h4,7H,1,5-6H2,2-3H3,(H,9,10);3H,1,4H2,2H3;2,6H,1,3H2,(H,5,7). The molecule has 0 radical (unpaired) electrons. The summed E-state index contributed by atoms with van der Waals surface area (Å²) in [6, 6.07) is 0. The highest BCUT2D eigenvalue weighted by atomic mass is 16.5. The van der Waals surface area contributed by atoms with Crippen molar-refractivity contribution in [2.24, 2.45) is 5.92 Å². The summed E-state index contributed by atoms with van der Waals surface area (Å²) in [6.07, 6.45) is 3.46. The molecule has 0 rings (SSSR count). The Morgan fingerprint density at radius 1 is 1.04 bits per heavy atom. The van der Waals surface area contributed by atoms with Crippen molar-refractivity contribution in [2.75, 3.05) is 26.7 Å². The zero-order chi connectivity index (χ0) is 20.1. The van der Waals surface area contributed by atoms with Crippen LogP contribution in [0.1, 0.15) is 20.8 Å². The van der Waals surface area contributed by atoms with Crippen LogP contribution < -0.4 is 10.6 Å². The molecule has 2 amide bonds. The lowest BCUT2D eigenvalue weighted by molar-refractivity contribution is -0.137. The van der Waals surface area contributed by atoms with E-state index in [-0.39, 0.29) is 31.2 Å². The van der Waals surface area contributed by atoms with Gasteiger partial charge in [0, 0.05) is 6.08 Å². The first kappa shape index (κ1) is 27.4. The van der Waals surface area contributed by atoms with E-state index in [0.717, 1.165) is 12.2 Å². The highest BCUT2D eigenvalue weighted by Gasteiger charge is 1.94. The number of ether oxygens (including phenoxy) is 2. The van der Waals surface area contributed by atoms with Crippen LogP contribution in [0.3, 0.4) is 0 Å². The van der Waals surface area contributed by atoms with Gasteiger partial charge in [0.2, 0.25) is 11.8 Å². The van der Waals surface area contributed by atoms with Crippen LogP contribution in [0.4, 0.5) is 0 Å². The fraction of sp³-hybridized carbons (Fsp3) is 0.471. The molecular formula is C17H30N2O6. The van der Waals surface area contributed by atoms with Gasteiger partial charge in [0.05, 0.1) is 13.2 Å². The van der Waals surface area contributed by atoms with E-state index in [1.165, 1.54) is 6.08 Å². The lowest BCUT2D eigenvalue weighted by Gasteiger charge is -2.06. The summed E-state index contributed by atoms with van der Waals surface area (Å²) in [6.45, 7) is 16.5. The van der Waals surface area contributed by atoms with Gasteiger partial charge >= 0.3 is 5.97 Å². The molecular weight excluding hydrogens is 328 g/mol. The van der Waals surface area contributed by atoms with Crippen molar-refractivity contribution in [2.45, 2.75) is 20.8 Å². The van der Waals surface area contributed by atoms with Gasteiger partial charge in [-0.25, -0.2) is 4.79 Å². The van der Waals surface area contributed by atoms with Gasteiger partial charge < -0.3 is 25.2 Å². The zero-order valence-corrected chi connectivity index (χ0v) is 15.2. The molecule has 144 valence electrons. The molecule has 0 aromatic rings. The lowest BCUT2D eigenvalue weighted by atomic mass is 10.2. The van der Waals surface area contributed by atoms with Crippen molar-refractivity contribution in [3.8, 4) is 0 Å². The fourth-order valence-electron chi connectivity index (χ4n) is 0.840. The molecule has 8 nitrogen and oxygen atoms in total. The van der Waals surface area contributed by atoms with Crippen molar-refractivity contribution in [3.63, 3.8) is 0 Å². The van der Waals surface area contributed by atoms with E-state index in [1.54, 1.807) is 6.92 Å². The minimum absolute atomic E-state index is 0.200. The number of rotatable bonds is 9. The van der Waals surface area contributed by atoms with Crippen LogP contribution in [0, 0.1) is 5.92 Å². The molecule has 0 saturated carbocycles. The third-order valence-electron chi connectivity index (χ3n) is 1.88. The second-order valence-electron chi connectivity index (χ2n) is 4.51. The summed E-state index contributed by atoms with van der Waals surface area (Å²) in [4.78, 5) is 30.6. The highest BCUT2D eigenvalue weighted by Crippen LogP contribution is 1.90. The van der Waals surface area contributed by atoms with Gasteiger partial charge in [0.25, 0.3) is 0 Å². The molecule has 0 aromatic heterocycles. The highest BCUT2D eigenvalue weighted by molar-refractivity contribution is 5.87. The SMILES string of the molecule is C=CC(=O)NCO.C=CC(=O)NCOCC(C)C.C=CC(=O)OCC. The topological polar surface area (TPSA) is 114 Å². The van der Waals surface area contributed by atoms with Crippen LogP contribution in [0.5, 0.6) is 0 Å². The average Bonchev–Trinajstić information content (AvgIpc) is 2.59. The van der Waals surface area contributed by atoms with Gasteiger partial charge in [0.1, 0.15) is 13.5 Å². The third-order valence-corrected chi connectivity index (χ3v) is 1.88. The third kappa shape index (κ3) is 30.1. The Hall–Kier alpha value is -2.45. The average molecular weight is 358 g/mol. The van der Waals surface area contributed by atoms with Crippen molar-refractivity contribution in [1.82, 2.24) is 10.6 Å². The Morgan fingerprint density at radius 3 is 1.84 bits per heavy atom. The Bertz CT molecular complexity index is 386. The number of amides is 2. The van der Waals surface area contributed by atoms with Crippen molar-refractivity contribution in [3.05, 3.63) is 38.0 Å². The van der Waals surface area contributed by atoms with Crippen LogP contribution in [-0.4, -0.2) is 49.6 Å². The van der Waals surface area contributed by atoms with Gasteiger partial charge in [0.15, 0.2) is 0 Å². The number of aliphatic hydroxyl groups excluding tert-OH is 1. The van der Waals surface area contributed by atoms with E-state index in [0.29, 0.717) is 19.1 Å². The molecule has 0 aromatic carbocycles. The first-order valence-corrected chi connectivity index (χ1v) is 7.57. The molecule has 0 aliphatic heterocycles. The molecule has 0 atom stereocenters. The van der Waals surface area contributed by atoms with E-state index >= 15 is 0 Å². The van der Waals surface area contributed by atoms with Crippen LogP contribution >= 0.6 is 0 Å². The van der Waals surface area contributed by atoms with Crippen molar-refractivity contribution >= 4 is 17.8 Å². The van der Waals surface area contributed by atoms with Gasteiger partial charge in [-0.1, -0.05) is 33.6 Å². The molecule has 8 heteroatoms. The molecule has 25 heavy (non-hydrogen) atoms. The number of nitrogens with one attached hydrogen (secondary N) is 2. The number of carbonyl (C=O) groups excluding carboxylic acids is 3. The summed E-state index contributed by atoms with van der Waals surface area (Å²) in [5.74, 6) is -0.422. The summed E-state index contributed by atoms with van der Waals surface area (Å²) >= 11 is 0. The Labute approximate surface area is 149 Å². The maximum atomic E-state index is 10.5. The predicted octanol–water partition coefficient (Wildman–Crippen LogP) is 0.893. The van der Waals surface area contributed by atoms with E-state index < -0.39 is 0 Å². The molecule has 0 unspecified atom stereocenters. The van der Waals surface area contributed by atoms with Gasteiger partial charge in [-0.05, 0) is 25.0 Å². The first-order valence-electron chi connectivity index (χ1n) is 7.57. The zero-order valence-electron chi connectivity index (χ0n) is 15.2. The molecule has 3 N–H and O–H groups in total. The Morgan fingerprint density at radius 2 is 1.56 bits per heavy atom. The second-order valence-corrected chi connectivity index (χ2v) is 4.51. The van der Waals surface area contributed by atoms with E-state index in [4.69, 9.17) is 9.84 Å². The normalized spacial score (nSPS) is 8.52. The summed E-state index contributed by atoms with van der Waals surface area (Å²) < 4.78 is 9.52. The largest absolute Gasteiger partial charge is 0.463 e. The predicted molar refractivity (Wildman–Crippen MR) is 96.3 cm³/mol. The van der Waals surface area contributed by atoms with E-state index in [2.05, 4.69) is 49.0 Å². The van der Waals surface area contributed by atoms with Crippen LogP contribution in [0.25, 0.3) is 0 Å². The molecule has 0 bridgehead atoms. The van der Waals surface area contributed by atoms with Crippen LogP contribution in [0.2, 0.25) is 0 Å². The molecule has 0 aliphatic carbocycles. The Balaban J connectivity index is -0.000000304. The monoisotopic (exact) mass is 358 g/mol. The second kappa shape index (κ2) is 21.6. The van der Waals surface area contributed by atoms with E-state index in [1.807, 2.05) is 0 Å². The van der Waals surface area contributed by atoms with Gasteiger partial charge in [-0.3, -0.25) is 9.59 Å². The summed E-state index contributed by atoms with van der Waals surface area (Å²) in [7, 11) is 0. The minimum Gasteiger partial charge on any atom is -0.463 e. The maximum absolute atomic E-state index is 10.5. The van der Waals surface area contributed by atoms with Gasteiger partial charge in [-0.2, -0.15) is 0 Å². The quantitative estimate of drug-likeness (QED) is 0.244. The molecule has 0 fully saturated rings. The van der Waals surface area contributed by atoms with Crippen molar-refractivity contribution < 1.29 is 29.0 Å². The van der Waals surface area contributed by atoms with Crippen LogP contribution in [0.15, 0.2) is 38.0 Å². The Kier molecular flexibility index (Phi) is 23.6. The number of esters is 1. The fourth-order valence-corrected chi connectivity index (χ4v) is 0.840. The molecule has 0 aliphatic rings. The smallest absolute Gasteiger partial charge is 0.330 e. The summed E-state index contributed by atoms with van der Waals surface area (Å²) in [5, 5.41) is 12.6. The molecule has 0 heterocycles. The molecule has 0 spiro atoms. The van der Waals surface area contributed by atoms with E-state index in [9.17, 15) is 14.4 Å². The molecule has 0 saturated heterocycles. The number of hydrogen-bond donors (Lipinski definition) is 3. The van der Waals surface area contributed by atoms with Crippen molar-refractivity contribution in [1.29, 1.82) is 0 Å². The number of carbonyl (C=O) groups is 3. The number of aliphatic hydroxyl groups is 1. The lowest BCUT2D eigenvalue weighted by Crippen LogP contribution is -2.24. The number of hydrogen-bond acceptors (Lipinski definition) is 6.